The average molecular weight is 270 g/mol. The molecule has 1 fully saturated rings. The molecule has 4 nitrogen and oxygen atoms in total. The summed E-state index contributed by atoms with van der Waals surface area (Å²) in [6, 6.07) is 10.6. The van der Waals surface area contributed by atoms with E-state index in [9.17, 15) is 0 Å². The van der Waals surface area contributed by atoms with Crippen LogP contribution in [0.4, 0.5) is 0 Å². The Hall–Kier alpha value is -1.68. The van der Waals surface area contributed by atoms with Gasteiger partial charge in [-0.3, -0.25) is 0 Å². The molecule has 3 atom stereocenters. The van der Waals surface area contributed by atoms with Crippen molar-refractivity contribution in [2.24, 2.45) is 11.8 Å². The van der Waals surface area contributed by atoms with E-state index in [1.165, 1.54) is 12.1 Å². The van der Waals surface area contributed by atoms with Gasteiger partial charge in [-0.25, -0.2) is 4.68 Å². The van der Waals surface area contributed by atoms with Crippen molar-refractivity contribution in [2.75, 3.05) is 6.54 Å². The lowest BCUT2D eigenvalue weighted by atomic mass is 10.1. The monoisotopic (exact) mass is 270 g/mol. The molecule has 1 heterocycles. The van der Waals surface area contributed by atoms with Gasteiger partial charge in [-0.2, -0.15) is 0 Å². The molecule has 4 heteroatoms. The molecule has 1 aromatic heterocycles. The first-order chi connectivity index (χ1) is 9.81. The molecule has 0 spiro atoms. The van der Waals surface area contributed by atoms with Crippen molar-refractivity contribution < 1.29 is 0 Å². The molecule has 3 unspecified atom stereocenters. The summed E-state index contributed by atoms with van der Waals surface area (Å²) in [5.74, 6) is 1.51. The molecule has 3 rings (SSSR count). The molecule has 0 radical (unpaired) electrons. The van der Waals surface area contributed by atoms with E-state index in [1.54, 1.807) is 0 Å². The summed E-state index contributed by atoms with van der Waals surface area (Å²) in [6.45, 7) is 5.56. The van der Waals surface area contributed by atoms with Crippen molar-refractivity contribution in [1.82, 2.24) is 20.3 Å². The van der Waals surface area contributed by atoms with Gasteiger partial charge < -0.3 is 5.32 Å². The standard InChI is InChI=1S/C16H22N4/c1-3-9-17-16(14-10-12(14)2)15-11-18-19-20(15)13-7-5-4-6-8-13/h4-8,11-12,14,16-17H,3,9-10H2,1-2H3. The highest BCUT2D eigenvalue weighted by Crippen LogP contribution is 2.47. The summed E-state index contributed by atoms with van der Waals surface area (Å²) in [4.78, 5) is 0. The molecular weight excluding hydrogens is 248 g/mol. The van der Waals surface area contributed by atoms with Crippen molar-refractivity contribution in [3.8, 4) is 5.69 Å². The molecule has 2 aromatic rings. The van der Waals surface area contributed by atoms with Gasteiger partial charge in [-0.15, -0.1) is 5.10 Å². The Morgan fingerprint density at radius 2 is 2.10 bits per heavy atom. The van der Waals surface area contributed by atoms with E-state index < -0.39 is 0 Å². The van der Waals surface area contributed by atoms with Crippen LogP contribution >= 0.6 is 0 Å². The third kappa shape index (κ3) is 2.61. The van der Waals surface area contributed by atoms with Crippen molar-refractivity contribution >= 4 is 0 Å². The van der Waals surface area contributed by atoms with Crippen LogP contribution in [0.1, 0.15) is 38.4 Å². The number of aromatic nitrogens is 3. The highest BCUT2D eigenvalue weighted by molar-refractivity contribution is 5.32. The highest BCUT2D eigenvalue weighted by Gasteiger charge is 2.41. The first kappa shape index (κ1) is 13.3. The van der Waals surface area contributed by atoms with Crippen molar-refractivity contribution in [3.05, 3.63) is 42.2 Å². The molecule has 1 aliphatic rings. The van der Waals surface area contributed by atoms with Crippen LogP contribution in [0.5, 0.6) is 0 Å². The molecule has 1 N–H and O–H groups in total. The lowest BCUT2D eigenvalue weighted by molar-refractivity contribution is 0.443. The van der Waals surface area contributed by atoms with Crippen molar-refractivity contribution in [2.45, 2.75) is 32.7 Å². The van der Waals surface area contributed by atoms with Crippen molar-refractivity contribution in [1.29, 1.82) is 0 Å². The first-order valence-electron chi connectivity index (χ1n) is 7.50. The Kier molecular flexibility index (Phi) is 3.83. The summed E-state index contributed by atoms with van der Waals surface area (Å²) in [5.41, 5.74) is 2.26. The van der Waals surface area contributed by atoms with Crippen LogP contribution in [0.15, 0.2) is 36.5 Å². The van der Waals surface area contributed by atoms with E-state index in [0.29, 0.717) is 12.0 Å². The fourth-order valence-electron chi connectivity index (χ4n) is 2.82. The van der Waals surface area contributed by atoms with Crippen molar-refractivity contribution in [3.63, 3.8) is 0 Å². The predicted molar refractivity (Wildman–Crippen MR) is 79.7 cm³/mol. The van der Waals surface area contributed by atoms with Crippen LogP contribution in [0.3, 0.4) is 0 Å². The topological polar surface area (TPSA) is 42.7 Å². The summed E-state index contributed by atoms with van der Waals surface area (Å²) in [7, 11) is 0. The van der Waals surface area contributed by atoms with Crippen LogP contribution in [-0.4, -0.2) is 21.5 Å². The normalized spacial score (nSPS) is 22.7. The minimum Gasteiger partial charge on any atom is -0.308 e. The van der Waals surface area contributed by atoms with E-state index in [1.807, 2.05) is 29.1 Å². The number of rotatable bonds is 6. The van der Waals surface area contributed by atoms with Crippen LogP contribution in [0, 0.1) is 11.8 Å². The first-order valence-corrected chi connectivity index (χ1v) is 7.50. The van der Waals surface area contributed by atoms with E-state index >= 15 is 0 Å². The van der Waals surface area contributed by atoms with Crippen LogP contribution in [0.25, 0.3) is 5.69 Å². The van der Waals surface area contributed by atoms with E-state index in [4.69, 9.17) is 0 Å². The third-order valence-electron chi connectivity index (χ3n) is 4.11. The number of nitrogens with one attached hydrogen (secondary N) is 1. The third-order valence-corrected chi connectivity index (χ3v) is 4.11. The minimum absolute atomic E-state index is 0.361. The number of benzene rings is 1. The smallest absolute Gasteiger partial charge is 0.0818 e. The van der Waals surface area contributed by atoms with E-state index in [-0.39, 0.29) is 0 Å². The Morgan fingerprint density at radius 3 is 2.75 bits per heavy atom. The quantitative estimate of drug-likeness (QED) is 0.877. The van der Waals surface area contributed by atoms with Gasteiger partial charge in [0.1, 0.15) is 0 Å². The Balaban J connectivity index is 1.90. The number of hydrogen-bond acceptors (Lipinski definition) is 3. The van der Waals surface area contributed by atoms with Gasteiger partial charge >= 0.3 is 0 Å². The molecular formula is C16H22N4. The molecule has 0 amide bonds. The molecule has 20 heavy (non-hydrogen) atoms. The van der Waals surface area contributed by atoms with E-state index in [2.05, 4.69) is 41.6 Å². The number of hydrogen-bond donors (Lipinski definition) is 1. The minimum atomic E-state index is 0.361. The number of nitrogens with zero attached hydrogens (tertiary/aromatic N) is 3. The second kappa shape index (κ2) is 5.75. The summed E-state index contributed by atoms with van der Waals surface area (Å²) >= 11 is 0. The second-order valence-electron chi connectivity index (χ2n) is 5.71. The zero-order valence-corrected chi connectivity index (χ0v) is 12.2. The summed E-state index contributed by atoms with van der Waals surface area (Å²) < 4.78 is 1.97. The van der Waals surface area contributed by atoms with Gasteiger partial charge in [-0.1, -0.05) is 37.3 Å². The predicted octanol–water partition coefficient (Wildman–Crippen LogP) is 2.96. The van der Waals surface area contributed by atoms with Gasteiger partial charge in [0, 0.05) is 0 Å². The van der Waals surface area contributed by atoms with Crippen LogP contribution in [0.2, 0.25) is 0 Å². The lowest BCUT2D eigenvalue weighted by Crippen LogP contribution is -2.26. The molecule has 0 bridgehead atoms. The molecule has 1 aliphatic carbocycles. The molecule has 1 saturated carbocycles. The zero-order valence-electron chi connectivity index (χ0n) is 12.2. The lowest BCUT2D eigenvalue weighted by Gasteiger charge is -2.19. The van der Waals surface area contributed by atoms with Gasteiger partial charge in [-0.05, 0) is 43.4 Å². The molecule has 0 aliphatic heterocycles. The van der Waals surface area contributed by atoms with Gasteiger partial charge in [0.15, 0.2) is 0 Å². The maximum atomic E-state index is 4.28. The second-order valence-corrected chi connectivity index (χ2v) is 5.71. The molecule has 1 aromatic carbocycles. The SMILES string of the molecule is CCCNC(c1cnnn1-c1ccccc1)C1CC1C. The Morgan fingerprint density at radius 1 is 1.35 bits per heavy atom. The van der Waals surface area contributed by atoms with Gasteiger partial charge in [0.2, 0.25) is 0 Å². The average Bonchev–Trinajstić information content (AvgIpc) is 3.02. The largest absolute Gasteiger partial charge is 0.308 e. The summed E-state index contributed by atoms with van der Waals surface area (Å²) in [5, 5.41) is 12.1. The summed E-state index contributed by atoms with van der Waals surface area (Å²) in [6.07, 6.45) is 4.34. The Bertz CT molecular complexity index is 549. The van der Waals surface area contributed by atoms with Gasteiger partial charge in [0.25, 0.3) is 0 Å². The number of para-hydroxylation sites is 1. The maximum Gasteiger partial charge on any atom is 0.0818 e. The van der Waals surface area contributed by atoms with Crippen LogP contribution < -0.4 is 5.32 Å². The fourth-order valence-corrected chi connectivity index (χ4v) is 2.82. The van der Waals surface area contributed by atoms with Gasteiger partial charge in [0.05, 0.1) is 23.6 Å². The fraction of sp³-hybridized carbons (Fsp3) is 0.500. The molecule has 0 saturated heterocycles. The van der Waals surface area contributed by atoms with Crippen LogP contribution in [-0.2, 0) is 0 Å². The Labute approximate surface area is 120 Å². The zero-order chi connectivity index (χ0) is 13.9. The molecule has 106 valence electrons. The van der Waals surface area contributed by atoms with E-state index in [0.717, 1.165) is 24.6 Å². The maximum absolute atomic E-state index is 4.28. The highest BCUT2D eigenvalue weighted by atomic mass is 15.4.